The topological polar surface area (TPSA) is 54.0 Å². The Balaban J connectivity index is 1.83. The van der Waals surface area contributed by atoms with Crippen molar-refractivity contribution in [1.82, 2.24) is 15.6 Å². The summed E-state index contributed by atoms with van der Waals surface area (Å²) in [6.45, 7) is 4.52. The van der Waals surface area contributed by atoms with Gasteiger partial charge in [-0.1, -0.05) is 13.0 Å². The molecule has 4 nitrogen and oxygen atoms in total. The second-order valence-electron chi connectivity index (χ2n) is 4.02. The lowest BCUT2D eigenvalue weighted by molar-refractivity contribution is 0.0950. The summed E-state index contributed by atoms with van der Waals surface area (Å²) in [6.07, 6.45) is 1.10. The van der Waals surface area contributed by atoms with E-state index >= 15 is 0 Å². The van der Waals surface area contributed by atoms with Crippen LogP contribution in [0, 0.1) is 0 Å². The lowest BCUT2D eigenvalue weighted by Crippen LogP contribution is -2.32. The van der Waals surface area contributed by atoms with E-state index < -0.39 is 0 Å². The third-order valence-electron chi connectivity index (χ3n) is 2.48. The predicted molar refractivity (Wildman–Crippen MR) is 80.9 cm³/mol. The van der Waals surface area contributed by atoms with Crippen molar-refractivity contribution in [2.45, 2.75) is 13.3 Å². The molecule has 2 heterocycles. The summed E-state index contributed by atoms with van der Waals surface area (Å²) in [6, 6.07) is 4.00. The second-order valence-corrected chi connectivity index (χ2v) is 5.83. The molecule has 2 rings (SSSR count). The minimum Gasteiger partial charge on any atom is -0.349 e. The minimum atomic E-state index is -0.0997. The molecule has 0 aliphatic rings. The highest BCUT2D eigenvalue weighted by molar-refractivity contribution is 7.20. The molecular weight excluding hydrogens is 278 g/mol. The Morgan fingerprint density at radius 1 is 1.32 bits per heavy atom. The van der Waals surface area contributed by atoms with Gasteiger partial charge in [-0.05, 0) is 24.4 Å². The van der Waals surface area contributed by atoms with Crippen LogP contribution in [0.1, 0.15) is 23.8 Å². The van der Waals surface area contributed by atoms with Crippen LogP contribution in [-0.2, 0) is 0 Å². The highest BCUT2D eigenvalue weighted by Crippen LogP contribution is 2.27. The molecule has 0 unspecified atom stereocenters. The summed E-state index contributed by atoms with van der Waals surface area (Å²) in [5, 5.41) is 10.8. The van der Waals surface area contributed by atoms with Crippen LogP contribution in [0.5, 0.6) is 0 Å². The number of amides is 1. The number of carbonyl (C=O) groups excluding carboxylic acids is 1. The van der Waals surface area contributed by atoms with E-state index in [2.05, 4.69) is 22.5 Å². The molecule has 0 saturated carbocycles. The van der Waals surface area contributed by atoms with Gasteiger partial charge in [0.1, 0.15) is 10.7 Å². The van der Waals surface area contributed by atoms with Crippen LogP contribution in [0.25, 0.3) is 9.88 Å². The maximum absolute atomic E-state index is 11.9. The summed E-state index contributed by atoms with van der Waals surface area (Å²) < 4.78 is 0. The van der Waals surface area contributed by atoms with E-state index in [0.717, 1.165) is 29.4 Å². The molecule has 0 aliphatic carbocycles. The van der Waals surface area contributed by atoms with Crippen LogP contribution in [0.2, 0.25) is 0 Å². The lowest BCUT2D eigenvalue weighted by Gasteiger charge is -2.04. The first-order valence-electron chi connectivity index (χ1n) is 6.29. The Morgan fingerprint density at radius 2 is 2.21 bits per heavy atom. The molecule has 0 aromatic carbocycles. The van der Waals surface area contributed by atoms with Gasteiger partial charge in [-0.2, -0.15) is 0 Å². The van der Waals surface area contributed by atoms with Gasteiger partial charge in [0.05, 0.1) is 4.88 Å². The van der Waals surface area contributed by atoms with Gasteiger partial charge < -0.3 is 10.6 Å². The van der Waals surface area contributed by atoms with E-state index in [0.29, 0.717) is 12.2 Å². The van der Waals surface area contributed by atoms with Crippen molar-refractivity contribution >= 4 is 28.6 Å². The number of rotatable bonds is 7. The van der Waals surface area contributed by atoms with Crippen molar-refractivity contribution in [3.8, 4) is 9.88 Å². The van der Waals surface area contributed by atoms with Gasteiger partial charge in [0, 0.05) is 18.5 Å². The molecule has 0 atom stereocenters. The Kier molecular flexibility index (Phi) is 5.50. The van der Waals surface area contributed by atoms with Gasteiger partial charge in [0.25, 0.3) is 5.91 Å². The summed E-state index contributed by atoms with van der Waals surface area (Å²) in [5.41, 5.74) is 0.504. The molecule has 0 aliphatic heterocycles. The van der Waals surface area contributed by atoms with Gasteiger partial charge in [0.2, 0.25) is 0 Å². The highest BCUT2D eigenvalue weighted by atomic mass is 32.1. The molecule has 0 radical (unpaired) electrons. The van der Waals surface area contributed by atoms with Crippen LogP contribution >= 0.6 is 22.7 Å². The van der Waals surface area contributed by atoms with Crippen LogP contribution in [0.4, 0.5) is 0 Å². The molecule has 102 valence electrons. The zero-order valence-corrected chi connectivity index (χ0v) is 12.4. The molecule has 19 heavy (non-hydrogen) atoms. The quantitative estimate of drug-likeness (QED) is 0.772. The van der Waals surface area contributed by atoms with E-state index in [4.69, 9.17) is 0 Å². The smallest absolute Gasteiger partial charge is 0.270 e. The number of thiophene rings is 1. The summed E-state index contributed by atoms with van der Waals surface area (Å²) in [7, 11) is 0. The van der Waals surface area contributed by atoms with Crippen molar-refractivity contribution < 1.29 is 4.79 Å². The number of hydrogen-bond acceptors (Lipinski definition) is 5. The number of thiazole rings is 1. The van der Waals surface area contributed by atoms with Gasteiger partial charge in [-0.15, -0.1) is 22.7 Å². The van der Waals surface area contributed by atoms with Crippen molar-refractivity contribution in [2.24, 2.45) is 0 Å². The van der Waals surface area contributed by atoms with Crippen LogP contribution in [-0.4, -0.2) is 30.5 Å². The molecular formula is C13H17N3OS2. The number of aromatic nitrogens is 1. The molecule has 2 aromatic heterocycles. The molecule has 6 heteroatoms. The van der Waals surface area contributed by atoms with E-state index in [1.807, 2.05) is 22.9 Å². The number of nitrogens with zero attached hydrogens (tertiary/aromatic N) is 1. The van der Waals surface area contributed by atoms with E-state index in [1.165, 1.54) is 11.3 Å². The fourth-order valence-corrected chi connectivity index (χ4v) is 3.16. The first kappa shape index (κ1) is 14.2. The standard InChI is InChI=1S/C13H17N3OS2/c1-2-5-14-6-7-15-12(17)10-9-19-13(16-10)11-4-3-8-18-11/h3-4,8-9,14H,2,5-7H2,1H3,(H,15,17). The second kappa shape index (κ2) is 7.37. The largest absolute Gasteiger partial charge is 0.349 e. The Bertz CT molecular complexity index is 508. The molecule has 2 aromatic rings. The van der Waals surface area contributed by atoms with Gasteiger partial charge in [-0.3, -0.25) is 4.79 Å². The SMILES string of the molecule is CCCNCCNC(=O)c1csc(-c2cccs2)n1. The molecule has 1 amide bonds. The first-order valence-corrected chi connectivity index (χ1v) is 8.05. The molecule has 0 spiro atoms. The fourth-order valence-electron chi connectivity index (χ4n) is 1.55. The number of hydrogen-bond donors (Lipinski definition) is 2. The summed E-state index contributed by atoms with van der Waals surface area (Å²) in [5.74, 6) is -0.0997. The van der Waals surface area contributed by atoms with E-state index in [-0.39, 0.29) is 5.91 Å². The average molecular weight is 295 g/mol. The van der Waals surface area contributed by atoms with E-state index in [9.17, 15) is 4.79 Å². The maximum atomic E-state index is 11.9. The van der Waals surface area contributed by atoms with Crippen LogP contribution in [0.15, 0.2) is 22.9 Å². The van der Waals surface area contributed by atoms with Gasteiger partial charge in [0.15, 0.2) is 0 Å². The third kappa shape index (κ3) is 4.12. The number of nitrogens with one attached hydrogen (secondary N) is 2. The zero-order chi connectivity index (χ0) is 13.5. The molecule has 0 saturated heterocycles. The maximum Gasteiger partial charge on any atom is 0.270 e. The van der Waals surface area contributed by atoms with Crippen LogP contribution in [0.3, 0.4) is 0 Å². The molecule has 0 bridgehead atoms. The summed E-state index contributed by atoms with van der Waals surface area (Å²) >= 11 is 3.14. The van der Waals surface area contributed by atoms with E-state index in [1.54, 1.807) is 11.3 Å². The zero-order valence-electron chi connectivity index (χ0n) is 10.8. The van der Waals surface area contributed by atoms with Gasteiger partial charge in [-0.25, -0.2) is 4.98 Å². The first-order chi connectivity index (χ1) is 9.31. The fraction of sp³-hybridized carbons (Fsp3) is 0.385. The Morgan fingerprint density at radius 3 is 2.95 bits per heavy atom. The predicted octanol–water partition coefficient (Wildman–Crippen LogP) is 2.60. The average Bonchev–Trinajstić information content (AvgIpc) is 3.08. The minimum absolute atomic E-state index is 0.0997. The monoisotopic (exact) mass is 295 g/mol. The van der Waals surface area contributed by atoms with Crippen molar-refractivity contribution in [3.63, 3.8) is 0 Å². The van der Waals surface area contributed by atoms with Crippen molar-refractivity contribution in [3.05, 3.63) is 28.6 Å². The summed E-state index contributed by atoms with van der Waals surface area (Å²) in [4.78, 5) is 17.3. The Hall–Kier alpha value is -1.24. The molecule has 2 N–H and O–H groups in total. The van der Waals surface area contributed by atoms with Crippen molar-refractivity contribution in [2.75, 3.05) is 19.6 Å². The van der Waals surface area contributed by atoms with Gasteiger partial charge >= 0.3 is 0 Å². The third-order valence-corrected chi connectivity index (χ3v) is 4.36. The van der Waals surface area contributed by atoms with Crippen LogP contribution < -0.4 is 10.6 Å². The normalized spacial score (nSPS) is 10.6. The highest BCUT2D eigenvalue weighted by Gasteiger charge is 2.11. The molecule has 0 fully saturated rings. The lowest BCUT2D eigenvalue weighted by atomic mass is 10.4. The number of carbonyl (C=O) groups is 1. The Labute approximate surface area is 120 Å². The van der Waals surface area contributed by atoms with Crippen molar-refractivity contribution in [1.29, 1.82) is 0 Å².